The number of benzene rings is 1. The molecule has 0 bridgehead atoms. The molecule has 0 radical (unpaired) electrons. The van der Waals surface area contributed by atoms with E-state index < -0.39 is 51.0 Å². The van der Waals surface area contributed by atoms with Crippen LogP contribution in [0.1, 0.15) is 18.8 Å². The Hall–Kier alpha value is -1.29. The number of fused-ring (bicyclic) bond motifs is 1. The Morgan fingerprint density at radius 3 is 2.57 bits per heavy atom. The fourth-order valence-corrected chi connectivity index (χ4v) is 4.02. The lowest BCUT2D eigenvalue weighted by molar-refractivity contribution is -0.361. The minimum atomic E-state index is -1.29. The normalized spacial score (nSPS) is 33.2. The van der Waals surface area contributed by atoms with Crippen LogP contribution in [0.15, 0.2) is 30.3 Å². The van der Waals surface area contributed by atoms with Gasteiger partial charge in [-0.1, -0.05) is 50.0 Å². The van der Waals surface area contributed by atoms with E-state index in [4.69, 9.17) is 23.7 Å². The maximum atomic E-state index is 11.6. The van der Waals surface area contributed by atoms with E-state index >= 15 is 0 Å². The zero-order chi connectivity index (χ0) is 20.3. The molecule has 1 aromatic rings. The lowest BCUT2D eigenvalue weighted by Crippen LogP contribution is -2.63. The first kappa shape index (κ1) is 21.4. The van der Waals surface area contributed by atoms with Gasteiger partial charge in [0.1, 0.15) is 18.3 Å². The third-order valence-corrected chi connectivity index (χ3v) is 6.52. The number of ether oxygens (including phenoxy) is 5. The van der Waals surface area contributed by atoms with Crippen LogP contribution in [0.4, 0.5) is 0 Å². The molecule has 0 aromatic heterocycles. The van der Waals surface area contributed by atoms with Crippen LogP contribution in [0.5, 0.6) is 0 Å². The second-order valence-electron chi connectivity index (χ2n) is 8.47. The second-order valence-corrected chi connectivity index (χ2v) is 14.1. The molecule has 1 aromatic carbocycles. The summed E-state index contributed by atoms with van der Waals surface area (Å²) in [6.07, 6.45) is -4.66. The molecular weight excluding hydrogens is 380 g/mol. The molecule has 6 atom stereocenters. The lowest BCUT2D eigenvalue weighted by atomic mass is 9.97. The number of rotatable bonds is 6. The van der Waals surface area contributed by atoms with Gasteiger partial charge < -0.3 is 28.8 Å². The second kappa shape index (κ2) is 9.02. The minimum absolute atomic E-state index is 0.253. The Balaban J connectivity index is 1.71. The van der Waals surface area contributed by atoms with E-state index in [-0.39, 0.29) is 6.61 Å². The monoisotopic (exact) mass is 410 g/mol. The Morgan fingerprint density at radius 2 is 1.93 bits per heavy atom. The Kier molecular flexibility index (Phi) is 6.90. The molecule has 2 fully saturated rings. The van der Waals surface area contributed by atoms with Gasteiger partial charge in [-0.2, -0.15) is 0 Å². The van der Waals surface area contributed by atoms with Crippen LogP contribution >= 0.6 is 0 Å². The molecule has 28 heavy (non-hydrogen) atoms. The molecule has 2 aliphatic rings. The molecule has 0 unspecified atom stereocenters. The highest BCUT2D eigenvalue weighted by atomic mass is 28.3. The number of aliphatic hydroxyl groups is 1. The predicted octanol–water partition coefficient (Wildman–Crippen LogP) is 2.47. The number of carbonyl (C=O) groups is 1. The highest BCUT2D eigenvalue weighted by Crippen LogP contribution is 2.35. The maximum absolute atomic E-state index is 11.6. The summed E-state index contributed by atoms with van der Waals surface area (Å²) in [5, 5.41) is 10.8. The van der Waals surface area contributed by atoms with E-state index in [1.807, 2.05) is 30.3 Å². The minimum Gasteiger partial charge on any atom is -0.457 e. The van der Waals surface area contributed by atoms with Crippen molar-refractivity contribution in [2.45, 2.75) is 69.6 Å². The third kappa shape index (κ3) is 5.40. The summed E-state index contributed by atoms with van der Waals surface area (Å²) in [6.45, 7) is 8.79. The molecule has 2 aliphatic heterocycles. The standard InChI is InChI=1S/C20H30O7Si/c1-13(21)25-18-16(22)20(23-10-11-28(2,3)4)26-15-12-24-19(27-17(15)18)14-8-6-5-7-9-14/h5-9,15-20,22H,10-12H2,1-4H3/t15-,16-,17+,18-,19+,20-/m1/s1. The molecule has 156 valence electrons. The van der Waals surface area contributed by atoms with Crippen molar-refractivity contribution in [2.75, 3.05) is 13.2 Å². The van der Waals surface area contributed by atoms with Crippen molar-refractivity contribution in [1.82, 2.24) is 0 Å². The van der Waals surface area contributed by atoms with Crippen molar-refractivity contribution in [3.05, 3.63) is 35.9 Å². The average molecular weight is 411 g/mol. The van der Waals surface area contributed by atoms with Crippen LogP contribution in [-0.4, -0.2) is 63.1 Å². The van der Waals surface area contributed by atoms with Crippen LogP contribution in [-0.2, 0) is 28.5 Å². The number of hydrogen-bond donors (Lipinski definition) is 1. The van der Waals surface area contributed by atoms with Gasteiger partial charge in [0.15, 0.2) is 18.7 Å². The molecule has 0 saturated carbocycles. The predicted molar refractivity (Wildman–Crippen MR) is 104 cm³/mol. The molecule has 0 aliphatic carbocycles. The Morgan fingerprint density at radius 1 is 1.21 bits per heavy atom. The highest BCUT2D eigenvalue weighted by molar-refractivity contribution is 6.76. The first-order valence-corrected chi connectivity index (χ1v) is 13.4. The SMILES string of the molecule is CC(=O)O[C@@H]1[C@@H](O)[C@H](OCC[Si](C)(C)C)O[C@@H]2CO[C@H](c3ccccc3)O[C@H]12. The molecular formula is C20H30O7Si. The van der Waals surface area contributed by atoms with Crippen molar-refractivity contribution in [3.63, 3.8) is 0 Å². The van der Waals surface area contributed by atoms with Gasteiger partial charge in [-0.15, -0.1) is 0 Å². The van der Waals surface area contributed by atoms with Crippen molar-refractivity contribution < 1.29 is 33.6 Å². The first-order valence-electron chi connectivity index (χ1n) is 9.69. The first-order chi connectivity index (χ1) is 13.2. The van der Waals surface area contributed by atoms with Crippen LogP contribution in [0.2, 0.25) is 25.7 Å². The van der Waals surface area contributed by atoms with E-state index in [0.717, 1.165) is 11.6 Å². The molecule has 1 N–H and O–H groups in total. The Bertz CT molecular complexity index is 648. The molecule has 8 heteroatoms. The van der Waals surface area contributed by atoms with Crippen molar-refractivity contribution >= 4 is 14.0 Å². The summed E-state index contributed by atoms with van der Waals surface area (Å²) in [4.78, 5) is 11.6. The van der Waals surface area contributed by atoms with Crippen LogP contribution in [0.3, 0.4) is 0 Å². The van der Waals surface area contributed by atoms with Gasteiger partial charge in [-0.25, -0.2) is 0 Å². The summed E-state index contributed by atoms with van der Waals surface area (Å²) in [5.74, 6) is -0.489. The van der Waals surface area contributed by atoms with Gasteiger partial charge in [-0.3, -0.25) is 4.79 Å². The summed E-state index contributed by atoms with van der Waals surface area (Å²) >= 11 is 0. The van der Waals surface area contributed by atoms with E-state index in [1.54, 1.807) is 0 Å². The number of aliphatic hydroxyl groups excluding tert-OH is 1. The lowest BCUT2D eigenvalue weighted by Gasteiger charge is -2.47. The van der Waals surface area contributed by atoms with Crippen molar-refractivity contribution in [2.24, 2.45) is 0 Å². The van der Waals surface area contributed by atoms with Gasteiger partial charge in [0.25, 0.3) is 0 Å². The van der Waals surface area contributed by atoms with Crippen molar-refractivity contribution in [1.29, 1.82) is 0 Å². The molecule has 3 rings (SSSR count). The summed E-state index contributed by atoms with van der Waals surface area (Å²) in [6, 6.07) is 10.4. The molecule has 7 nitrogen and oxygen atoms in total. The topological polar surface area (TPSA) is 83.5 Å². The molecule has 0 amide bonds. The highest BCUT2D eigenvalue weighted by Gasteiger charge is 2.51. The number of hydrogen-bond acceptors (Lipinski definition) is 7. The molecule has 2 saturated heterocycles. The summed E-state index contributed by atoms with van der Waals surface area (Å²) < 4.78 is 29.0. The Labute approximate surface area is 166 Å². The van der Waals surface area contributed by atoms with Gasteiger partial charge in [-0.05, 0) is 6.04 Å². The summed E-state index contributed by atoms with van der Waals surface area (Å²) in [5.41, 5.74) is 0.852. The van der Waals surface area contributed by atoms with Gasteiger partial charge in [0.2, 0.25) is 0 Å². The smallest absolute Gasteiger partial charge is 0.303 e. The van der Waals surface area contributed by atoms with Gasteiger partial charge in [0.05, 0.1) is 6.61 Å². The quantitative estimate of drug-likeness (QED) is 0.570. The van der Waals surface area contributed by atoms with Crippen LogP contribution in [0, 0.1) is 0 Å². The number of carbonyl (C=O) groups excluding carboxylic acids is 1. The zero-order valence-corrected chi connectivity index (χ0v) is 17.9. The molecule has 2 heterocycles. The largest absolute Gasteiger partial charge is 0.457 e. The maximum Gasteiger partial charge on any atom is 0.303 e. The van der Waals surface area contributed by atoms with E-state index in [9.17, 15) is 9.90 Å². The zero-order valence-electron chi connectivity index (χ0n) is 16.9. The van der Waals surface area contributed by atoms with Gasteiger partial charge >= 0.3 is 5.97 Å². The fourth-order valence-electron chi connectivity index (χ4n) is 3.29. The average Bonchev–Trinajstić information content (AvgIpc) is 2.64. The van der Waals surface area contributed by atoms with E-state index in [1.165, 1.54) is 6.92 Å². The van der Waals surface area contributed by atoms with Crippen LogP contribution < -0.4 is 0 Å². The van der Waals surface area contributed by atoms with Crippen LogP contribution in [0.25, 0.3) is 0 Å². The summed E-state index contributed by atoms with van der Waals surface area (Å²) in [7, 11) is -1.29. The van der Waals surface area contributed by atoms with E-state index in [0.29, 0.717) is 6.61 Å². The van der Waals surface area contributed by atoms with Crippen molar-refractivity contribution in [3.8, 4) is 0 Å². The molecule has 0 spiro atoms. The fraction of sp³-hybridized carbons (Fsp3) is 0.650. The number of esters is 1. The third-order valence-electron chi connectivity index (χ3n) is 4.82. The van der Waals surface area contributed by atoms with E-state index in [2.05, 4.69) is 19.6 Å². The van der Waals surface area contributed by atoms with Gasteiger partial charge in [0, 0.05) is 27.2 Å².